The van der Waals surface area contributed by atoms with Crippen molar-refractivity contribution in [1.82, 2.24) is 28.9 Å². The predicted molar refractivity (Wildman–Crippen MR) is 179 cm³/mol. The number of aromatic amines is 1. The summed E-state index contributed by atoms with van der Waals surface area (Å²) in [6.45, 7) is 3.20. The molecular formula is C34H37N7O5S. The van der Waals surface area contributed by atoms with E-state index in [0.29, 0.717) is 29.1 Å². The Hall–Kier alpha value is -4.82. The molecule has 5 aromatic rings. The van der Waals surface area contributed by atoms with Gasteiger partial charge in [-0.05, 0) is 48.3 Å². The van der Waals surface area contributed by atoms with Gasteiger partial charge in [0.05, 0.1) is 16.2 Å². The van der Waals surface area contributed by atoms with Gasteiger partial charge in [0, 0.05) is 50.7 Å². The zero-order valence-electron chi connectivity index (χ0n) is 25.8. The number of hydrogen-bond acceptors (Lipinski definition) is 8. The molecule has 3 aromatic carbocycles. The quantitative estimate of drug-likeness (QED) is 0.183. The van der Waals surface area contributed by atoms with Crippen LogP contribution < -0.4 is 16.6 Å². The highest BCUT2D eigenvalue weighted by molar-refractivity contribution is 7.89. The van der Waals surface area contributed by atoms with Crippen molar-refractivity contribution in [3.05, 3.63) is 113 Å². The number of carbonyl (C=O) groups is 1. The molecule has 1 amide bonds. The molecule has 0 spiro atoms. The lowest BCUT2D eigenvalue weighted by molar-refractivity contribution is 0.0838. The minimum absolute atomic E-state index is 0.152. The third-order valence-corrected chi connectivity index (χ3v) is 10.0. The molecule has 0 atom stereocenters. The molecule has 1 saturated heterocycles. The zero-order chi connectivity index (χ0) is 32.8. The van der Waals surface area contributed by atoms with E-state index >= 15 is 0 Å². The Morgan fingerprint density at radius 2 is 1.60 bits per heavy atom. The van der Waals surface area contributed by atoms with E-state index in [1.807, 2.05) is 54.6 Å². The second kappa shape index (κ2) is 14.3. The Balaban J connectivity index is 1.09. The van der Waals surface area contributed by atoms with Crippen LogP contribution in [0.3, 0.4) is 0 Å². The maximum atomic E-state index is 13.4. The van der Waals surface area contributed by atoms with Gasteiger partial charge < -0.3 is 20.7 Å². The molecule has 0 unspecified atom stereocenters. The van der Waals surface area contributed by atoms with Gasteiger partial charge in [0.15, 0.2) is 0 Å². The van der Waals surface area contributed by atoms with Crippen molar-refractivity contribution >= 4 is 21.9 Å². The number of benzene rings is 3. The van der Waals surface area contributed by atoms with E-state index in [1.165, 1.54) is 9.21 Å². The van der Waals surface area contributed by atoms with E-state index in [1.54, 1.807) is 41.1 Å². The number of H-pyrrole nitrogens is 1. The van der Waals surface area contributed by atoms with Crippen molar-refractivity contribution in [3.63, 3.8) is 0 Å². The van der Waals surface area contributed by atoms with Crippen LogP contribution in [0.2, 0.25) is 0 Å². The summed E-state index contributed by atoms with van der Waals surface area (Å²) in [5.74, 6) is 0.381. The summed E-state index contributed by atoms with van der Waals surface area (Å²) in [5.41, 5.74) is 9.87. The molecule has 3 heterocycles. The molecule has 4 N–H and O–H groups in total. The van der Waals surface area contributed by atoms with E-state index in [2.05, 4.69) is 15.3 Å². The van der Waals surface area contributed by atoms with Gasteiger partial charge >= 0.3 is 6.09 Å². The van der Waals surface area contributed by atoms with Crippen molar-refractivity contribution in [3.8, 4) is 22.4 Å². The lowest BCUT2D eigenvalue weighted by Gasteiger charge is -2.33. The molecule has 0 radical (unpaired) electrons. The largest absolute Gasteiger partial charge is 0.445 e. The molecule has 1 fully saturated rings. The van der Waals surface area contributed by atoms with Crippen molar-refractivity contribution in [2.75, 3.05) is 39.3 Å². The minimum Gasteiger partial charge on any atom is -0.445 e. The van der Waals surface area contributed by atoms with Gasteiger partial charge in [0.2, 0.25) is 15.8 Å². The fourth-order valence-corrected chi connectivity index (χ4v) is 6.85. The summed E-state index contributed by atoms with van der Waals surface area (Å²) in [7, 11) is -3.77. The molecule has 13 heteroatoms. The average Bonchev–Trinajstić information content (AvgIpc) is 3.52. The van der Waals surface area contributed by atoms with Gasteiger partial charge in [-0.15, -0.1) is 0 Å². The minimum atomic E-state index is -3.77. The van der Waals surface area contributed by atoms with Crippen LogP contribution in [0.25, 0.3) is 28.2 Å². The summed E-state index contributed by atoms with van der Waals surface area (Å²) < 4.78 is 35.3. The van der Waals surface area contributed by atoms with E-state index in [-0.39, 0.29) is 43.2 Å². The standard InChI is InChI=1S/C34H37N7O5S/c35-15-4-16-36-21-25-7-9-27(10-8-25)30-22-40-23-31(37-33(40)38-32(30)42)28-11-13-29(14-12-28)47(44,45)41-19-17-39(18-20-41)34(43)46-24-26-5-2-1-3-6-26/h1-3,5-14,22-23,36H,4,15-21,24,35H2,(H,37,38,42). The number of nitrogens with zero attached hydrogens (tertiary/aromatic N) is 4. The van der Waals surface area contributed by atoms with Crippen LogP contribution in [0.4, 0.5) is 4.79 Å². The van der Waals surface area contributed by atoms with Gasteiger partial charge in [0.25, 0.3) is 5.56 Å². The number of sulfonamides is 1. The number of ether oxygens (including phenoxy) is 1. The number of rotatable bonds is 11. The molecule has 2 aromatic heterocycles. The third kappa shape index (κ3) is 7.44. The molecule has 12 nitrogen and oxygen atoms in total. The van der Waals surface area contributed by atoms with Gasteiger partial charge in [-0.25, -0.2) is 18.2 Å². The Kier molecular flexibility index (Phi) is 9.78. The van der Waals surface area contributed by atoms with Crippen molar-refractivity contribution in [1.29, 1.82) is 0 Å². The van der Waals surface area contributed by atoms with Gasteiger partial charge in [-0.2, -0.15) is 4.31 Å². The fourth-order valence-electron chi connectivity index (χ4n) is 5.43. The number of hydrogen-bond donors (Lipinski definition) is 3. The first-order valence-corrected chi connectivity index (χ1v) is 16.9. The van der Waals surface area contributed by atoms with Crippen LogP contribution in [0.5, 0.6) is 0 Å². The topological polar surface area (TPSA) is 155 Å². The lowest BCUT2D eigenvalue weighted by Crippen LogP contribution is -2.50. The molecule has 47 heavy (non-hydrogen) atoms. The summed E-state index contributed by atoms with van der Waals surface area (Å²) in [6.07, 6.45) is 3.99. The van der Waals surface area contributed by atoms with Crippen molar-refractivity contribution < 1.29 is 17.9 Å². The molecular weight excluding hydrogens is 618 g/mol. The average molecular weight is 656 g/mol. The van der Waals surface area contributed by atoms with Crippen molar-refractivity contribution in [2.45, 2.75) is 24.5 Å². The highest BCUT2D eigenvalue weighted by atomic mass is 32.2. The first kappa shape index (κ1) is 32.1. The van der Waals surface area contributed by atoms with Crippen molar-refractivity contribution in [2.24, 2.45) is 5.73 Å². The summed E-state index contributed by atoms with van der Waals surface area (Å²) in [4.78, 5) is 34.5. The third-order valence-electron chi connectivity index (χ3n) is 8.11. The number of imidazole rings is 1. The van der Waals surface area contributed by atoms with E-state index in [0.717, 1.165) is 36.2 Å². The first-order valence-electron chi connectivity index (χ1n) is 15.5. The van der Waals surface area contributed by atoms with Crippen LogP contribution in [-0.2, 0) is 27.9 Å². The Bertz CT molecular complexity index is 1990. The van der Waals surface area contributed by atoms with Crippen LogP contribution in [0, 0.1) is 0 Å². The van der Waals surface area contributed by atoms with Crippen LogP contribution in [-0.4, -0.2) is 77.4 Å². The van der Waals surface area contributed by atoms with E-state index in [9.17, 15) is 18.0 Å². The maximum Gasteiger partial charge on any atom is 0.410 e. The second-order valence-electron chi connectivity index (χ2n) is 11.3. The SMILES string of the molecule is NCCCNCc1ccc(-c2cn3cc(-c4ccc(S(=O)(=O)N5CCN(C(=O)OCc6ccccc6)CC5)cc4)nc3[nH]c2=O)cc1. The van der Waals surface area contributed by atoms with Crippen LogP contribution >= 0.6 is 0 Å². The Labute approximate surface area is 272 Å². The summed E-state index contributed by atoms with van der Waals surface area (Å²) in [5, 5.41) is 3.34. The van der Waals surface area contributed by atoms with E-state index in [4.69, 9.17) is 10.5 Å². The molecule has 0 saturated carbocycles. The Morgan fingerprint density at radius 1 is 0.894 bits per heavy atom. The number of aromatic nitrogens is 3. The molecule has 1 aliphatic rings. The maximum absolute atomic E-state index is 13.4. The molecule has 0 aliphatic carbocycles. The summed E-state index contributed by atoms with van der Waals surface area (Å²) in [6, 6.07) is 23.7. The molecule has 1 aliphatic heterocycles. The van der Waals surface area contributed by atoms with Gasteiger partial charge in [-0.1, -0.05) is 66.7 Å². The van der Waals surface area contributed by atoms with Crippen LogP contribution in [0.15, 0.2) is 101 Å². The highest BCUT2D eigenvalue weighted by Crippen LogP contribution is 2.24. The second-order valence-corrected chi connectivity index (χ2v) is 13.3. The zero-order valence-corrected chi connectivity index (χ0v) is 26.7. The number of fused-ring (bicyclic) bond motifs is 1. The number of nitrogens with one attached hydrogen (secondary N) is 2. The smallest absolute Gasteiger partial charge is 0.410 e. The first-order chi connectivity index (χ1) is 22.8. The molecule has 6 rings (SSSR count). The Morgan fingerprint density at radius 3 is 2.30 bits per heavy atom. The number of nitrogens with two attached hydrogens (primary N) is 1. The van der Waals surface area contributed by atoms with Gasteiger partial charge in [-0.3, -0.25) is 14.2 Å². The number of piperazine rings is 1. The lowest BCUT2D eigenvalue weighted by atomic mass is 10.1. The predicted octanol–water partition coefficient (Wildman–Crippen LogP) is 3.44. The monoisotopic (exact) mass is 655 g/mol. The number of amides is 1. The van der Waals surface area contributed by atoms with E-state index < -0.39 is 16.1 Å². The molecule has 0 bridgehead atoms. The fraction of sp³-hybridized carbons (Fsp3) is 0.265. The van der Waals surface area contributed by atoms with Gasteiger partial charge in [0.1, 0.15) is 6.61 Å². The molecule has 244 valence electrons. The van der Waals surface area contributed by atoms with Crippen LogP contribution in [0.1, 0.15) is 17.5 Å². The highest BCUT2D eigenvalue weighted by Gasteiger charge is 2.30. The normalized spacial score (nSPS) is 14.0. The number of carbonyl (C=O) groups excluding carboxylic acids is 1. The summed E-state index contributed by atoms with van der Waals surface area (Å²) >= 11 is 0.